The van der Waals surface area contributed by atoms with Gasteiger partial charge in [-0.2, -0.15) is 0 Å². The Hall–Kier alpha value is -2.95. The molecule has 5 heteroatoms. The number of ether oxygens (including phenoxy) is 1. The van der Waals surface area contributed by atoms with Gasteiger partial charge in [0.25, 0.3) is 0 Å². The Balaban J connectivity index is 1.79. The van der Waals surface area contributed by atoms with E-state index in [4.69, 9.17) is 4.74 Å². The number of hydrogen-bond acceptors (Lipinski definition) is 2. The van der Waals surface area contributed by atoms with Crippen LogP contribution in [0.3, 0.4) is 0 Å². The fraction of sp³-hybridized carbons (Fsp3) is 0.167. The number of carbonyl (C=O) groups is 1. The van der Waals surface area contributed by atoms with E-state index in [1.165, 1.54) is 0 Å². The third-order valence-corrected chi connectivity index (χ3v) is 3.48. The molecule has 2 aromatic carbocycles. The lowest BCUT2D eigenvalue weighted by molar-refractivity contribution is 0.262. The molecule has 2 amide bonds. The summed E-state index contributed by atoms with van der Waals surface area (Å²) in [4.78, 5) is 15.6. The highest BCUT2D eigenvalue weighted by Gasteiger charge is 2.10. The normalized spacial score (nSPS) is 10.5. The highest BCUT2D eigenvalue weighted by molar-refractivity contribution is 6.06. The molecule has 3 N–H and O–H groups in total. The van der Waals surface area contributed by atoms with Crippen molar-refractivity contribution in [1.29, 1.82) is 0 Å². The molecule has 0 fully saturated rings. The summed E-state index contributed by atoms with van der Waals surface area (Å²) in [5, 5.41) is 6.71. The van der Waals surface area contributed by atoms with E-state index in [2.05, 4.69) is 15.6 Å². The first-order valence-electron chi connectivity index (χ1n) is 7.55. The van der Waals surface area contributed by atoms with Gasteiger partial charge in [-0.1, -0.05) is 18.2 Å². The summed E-state index contributed by atoms with van der Waals surface area (Å²) in [6, 6.07) is 14.8. The zero-order chi connectivity index (χ0) is 16.2. The molecule has 0 spiro atoms. The summed E-state index contributed by atoms with van der Waals surface area (Å²) < 4.78 is 5.51. The molecule has 0 radical (unpaired) electrons. The minimum Gasteiger partial charge on any atom is -0.492 e. The van der Waals surface area contributed by atoms with Gasteiger partial charge in [-0.15, -0.1) is 0 Å². The van der Waals surface area contributed by atoms with Crippen molar-refractivity contribution < 1.29 is 9.53 Å². The molecule has 0 aliphatic heterocycles. The zero-order valence-corrected chi connectivity index (χ0v) is 13.1. The molecule has 0 aliphatic rings. The van der Waals surface area contributed by atoms with Crippen LogP contribution in [0.5, 0.6) is 5.75 Å². The molecule has 0 atom stereocenters. The first-order valence-corrected chi connectivity index (χ1v) is 7.55. The van der Waals surface area contributed by atoms with Crippen LogP contribution in [0.1, 0.15) is 12.6 Å². The predicted octanol–water partition coefficient (Wildman–Crippen LogP) is 4.52. The minimum absolute atomic E-state index is 0.302. The number of rotatable bonds is 4. The lowest BCUT2D eigenvalue weighted by Gasteiger charge is -2.12. The van der Waals surface area contributed by atoms with Gasteiger partial charge in [0, 0.05) is 16.6 Å². The second-order valence-corrected chi connectivity index (χ2v) is 5.23. The number of amides is 2. The third-order valence-electron chi connectivity index (χ3n) is 3.48. The Morgan fingerprint density at radius 2 is 1.83 bits per heavy atom. The Morgan fingerprint density at radius 1 is 1.09 bits per heavy atom. The maximum atomic E-state index is 12.3. The molecule has 5 nitrogen and oxygen atoms in total. The maximum absolute atomic E-state index is 12.3. The molecular weight excluding hydrogens is 290 g/mol. The number of aromatic amines is 1. The van der Waals surface area contributed by atoms with Crippen LogP contribution in [-0.2, 0) is 0 Å². The van der Waals surface area contributed by atoms with Crippen LogP contribution in [0.2, 0.25) is 0 Å². The molecule has 0 unspecified atom stereocenters. The zero-order valence-electron chi connectivity index (χ0n) is 13.1. The lowest BCUT2D eigenvalue weighted by atomic mass is 10.2. The van der Waals surface area contributed by atoms with Gasteiger partial charge in [0.15, 0.2) is 0 Å². The smallest absolute Gasteiger partial charge is 0.323 e. The Labute approximate surface area is 134 Å². The van der Waals surface area contributed by atoms with Crippen LogP contribution in [0.25, 0.3) is 10.9 Å². The van der Waals surface area contributed by atoms with Crippen LogP contribution in [0.4, 0.5) is 16.2 Å². The lowest BCUT2D eigenvalue weighted by Crippen LogP contribution is -2.20. The number of hydrogen-bond donors (Lipinski definition) is 3. The van der Waals surface area contributed by atoms with Crippen LogP contribution in [0, 0.1) is 6.92 Å². The molecular formula is C18H19N3O2. The van der Waals surface area contributed by atoms with Crippen molar-refractivity contribution >= 4 is 28.3 Å². The minimum atomic E-state index is -0.302. The summed E-state index contributed by atoms with van der Waals surface area (Å²) in [5.74, 6) is 0.654. The quantitative estimate of drug-likeness (QED) is 0.663. The molecule has 0 aliphatic carbocycles. The second-order valence-electron chi connectivity index (χ2n) is 5.23. The van der Waals surface area contributed by atoms with Crippen molar-refractivity contribution in [3.63, 3.8) is 0 Å². The van der Waals surface area contributed by atoms with Crippen LogP contribution < -0.4 is 15.4 Å². The highest BCUT2D eigenvalue weighted by Crippen LogP contribution is 2.26. The average Bonchev–Trinajstić information content (AvgIpc) is 2.91. The number of fused-ring (bicyclic) bond motifs is 1. The van der Waals surface area contributed by atoms with Crippen molar-refractivity contribution in [1.82, 2.24) is 4.98 Å². The third kappa shape index (κ3) is 3.29. The van der Waals surface area contributed by atoms with Crippen LogP contribution in [0.15, 0.2) is 48.5 Å². The predicted molar refractivity (Wildman–Crippen MR) is 93.3 cm³/mol. The Kier molecular flexibility index (Phi) is 4.19. The van der Waals surface area contributed by atoms with Gasteiger partial charge < -0.3 is 20.4 Å². The molecule has 1 aromatic heterocycles. The van der Waals surface area contributed by atoms with E-state index in [9.17, 15) is 4.79 Å². The Morgan fingerprint density at radius 3 is 2.65 bits per heavy atom. The Bertz CT molecular complexity index is 839. The summed E-state index contributed by atoms with van der Waals surface area (Å²) >= 11 is 0. The molecule has 3 rings (SSSR count). The van der Waals surface area contributed by atoms with Crippen LogP contribution >= 0.6 is 0 Å². The van der Waals surface area contributed by atoms with Crippen molar-refractivity contribution in [3.05, 3.63) is 54.2 Å². The monoisotopic (exact) mass is 309 g/mol. The molecule has 0 bridgehead atoms. The second kappa shape index (κ2) is 6.44. The van der Waals surface area contributed by atoms with Gasteiger partial charge in [-0.3, -0.25) is 0 Å². The van der Waals surface area contributed by atoms with E-state index in [0.717, 1.165) is 22.3 Å². The van der Waals surface area contributed by atoms with E-state index in [1.807, 2.05) is 62.4 Å². The number of carbonyl (C=O) groups excluding carboxylic acids is 1. The van der Waals surface area contributed by atoms with Gasteiger partial charge in [-0.05, 0) is 44.2 Å². The SMILES string of the molecule is CCOc1ccccc1NC(=O)Nc1cccc2[nH]c(C)cc12. The number of H-pyrrole nitrogens is 1. The molecule has 3 aromatic rings. The van der Waals surface area contributed by atoms with E-state index in [-0.39, 0.29) is 6.03 Å². The van der Waals surface area contributed by atoms with Gasteiger partial charge in [0.05, 0.1) is 18.0 Å². The number of aryl methyl sites for hydroxylation is 1. The van der Waals surface area contributed by atoms with Crippen molar-refractivity contribution in [2.45, 2.75) is 13.8 Å². The fourth-order valence-electron chi connectivity index (χ4n) is 2.53. The largest absolute Gasteiger partial charge is 0.492 e. The molecule has 0 saturated heterocycles. The summed E-state index contributed by atoms with van der Waals surface area (Å²) in [6.07, 6.45) is 0. The van der Waals surface area contributed by atoms with E-state index >= 15 is 0 Å². The van der Waals surface area contributed by atoms with Gasteiger partial charge in [0.2, 0.25) is 0 Å². The van der Waals surface area contributed by atoms with E-state index < -0.39 is 0 Å². The molecule has 118 valence electrons. The van der Waals surface area contributed by atoms with Crippen molar-refractivity contribution in [2.75, 3.05) is 17.2 Å². The molecule has 1 heterocycles. The molecule has 23 heavy (non-hydrogen) atoms. The fourth-order valence-corrected chi connectivity index (χ4v) is 2.53. The van der Waals surface area contributed by atoms with Crippen molar-refractivity contribution in [2.24, 2.45) is 0 Å². The summed E-state index contributed by atoms with van der Waals surface area (Å²) in [5.41, 5.74) is 3.45. The van der Waals surface area contributed by atoms with E-state index in [0.29, 0.717) is 18.0 Å². The average molecular weight is 309 g/mol. The first-order chi connectivity index (χ1) is 11.2. The molecule has 0 saturated carbocycles. The number of benzene rings is 2. The number of aromatic nitrogens is 1. The van der Waals surface area contributed by atoms with Crippen molar-refractivity contribution in [3.8, 4) is 5.75 Å². The number of para-hydroxylation sites is 2. The number of anilines is 2. The number of urea groups is 1. The maximum Gasteiger partial charge on any atom is 0.323 e. The van der Waals surface area contributed by atoms with Gasteiger partial charge in [-0.25, -0.2) is 4.79 Å². The van der Waals surface area contributed by atoms with Crippen LogP contribution in [-0.4, -0.2) is 17.6 Å². The standard InChI is InChI=1S/C18H19N3O2/c1-3-23-17-10-5-4-7-16(17)21-18(22)20-15-9-6-8-14-13(15)11-12(2)19-14/h4-11,19H,3H2,1-2H3,(H2,20,21,22). The number of nitrogens with one attached hydrogen (secondary N) is 3. The highest BCUT2D eigenvalue weighted by atomic mass is 16.5. The summed E-state index contributed by atoms with van der Waals surface area (Å²) in [6.45, 7) is 4.44. The summed E-state index contributed by atoms with van der Waals surface area (Å²) in [7, 11) is 0. The van der Waals surface area contributed by atoms with Gasteiger partial charge >= 0.3 is 6.03 Å². The first kappa shape index (κ1) is 15.0. The van der Waals surface area contributed by atoms with E-state index in [1.54, 1.807) is 0 Å². The topological polar surface area (TPSA) is 66.2 Å². The van der Waals surface area contributed by atoms with Gasteiger partial charge in [0.1, 0.15) is 5.75 Å².